The molecule has 1 heterocycles. The molecule has 0 bridgehead atoms. The molecular weight excluding hydrogens is 232 g/mol. The van der Waals surface area contributed by atoms with Crippen molar-refractivity contribution in [3.8, 4) is 0 Å². The van der Waals surface area contributed by atoms with Crippen LogP contribution in [0.25, 0.3) is 0 Å². The van der Waals surface area contributed by atoms with E-state index in [-0.39, 0.29) is 11.9 Å². The Bertz CT molecular complexity index is 306. The Morgan fingerprint density at radius 1 is 1.62 bits per heavy atom. The molecule has 0 spiro atoms. The van der Waals surface area contributed by atoms with Gasteiger partial charge in [-0.1, -0.05) is 0 Å². The number of carbonyl (C=O) groups excluding carboxylic acids is 2. The van der Waals surface area contributed by atoms with Crippen molar-refractivity contribution in [3.05, 3.63) is 0 Å². The summed E-state index contributed by atoms with van der Waals surface area (Å²) in [7, 11) is 1.36. The number of methoxy groups -OCH3 is 1. The van der Waals surface area contributed by atoms with Crippen LogP contribution in [0.2, 0.25) is 0 Å². The van der Waals surface area contributed by atoms with Gasteiger partial charge in [-0.3, -0.25) is 4.79 Å². The maximum Gasteiger partial charge on any atom is 0.427 e. The summed E-state index contributed by atoms with van der Waals surface area (Å²) in [6.45, 7) is 2.01. The zero-order valence-electron chi connectivity index (χ0n) is 9.19. The van der Waals surface area contributed by atoms with Gasteiger partial charge in [-0.2, -0.15) is 5.10 Å². The Balaban J connectivity index is 2.37. The second-order valence-corrected chi connectivity index (χ2v) is 4.17. The van der Waals surface area contributed by atoms with Crippen LogP contribution in [0.3, 0.4) is 0 Å². The summed E-state index contributed by atoms with van der Waals surface area (Å²) >= 11 is 1.43. The molecule has 7 heteroatoms. The number of thioether (sulfide) groups is 1. The molecule has 0 saturated carbocycles. The minimum absolute atomic E-state index is 0.169. The van der Waals surface area contributed by atoms with Gasteiger partial charge in [-0.05, 0) is 6.92 Å². The molecule has 1 N–H and O–H groups in total. The van der Waals surface area contributed by atoms with Crippen molar-refractivity contribution in [2.24, 2.45) is 11.0 Å². The molecule has 0 aromatic carbocycles. The molecule has 0 aromatic rings. The number of esters is 1. The van der Waals surface area contributed by atoms with E-state index in [0.717, 1.165) is 0 Å². The highest BCUT2D eigenvalue weighted by Gasteiger charge is 2.28. The lowest BCUT2D eigenvalue weighted by Crippen LogP contribution is -2.20. The molecule has 1 aliphatic heterocycles. The molecule has 0 radical (unpaired) electrons. The van der Waals surface area contributed by atoms with E-state index in [9.17, 15) is 9.59 Å². The number of ether oxygens (including phenoxy) is 2. The van der Waals surface area contributed by atoms with Gasteiger partial charge in [0.2, 0.25) is 0 Å². The number of hydrazone groups is 1. The first-order valence-corrected chi connectivity index (χ1v) is 5.85. The summed E-state index contributed by atoms with van der Waals surface area (Å²) in [5.41, 5.74) is 2.26. The van der Waals surface area contributed by atoms with Crippen LogP contribution in [-0.2, 0) is 14.3 Å². The molecule has 1 amide bonds. The SMILES string of the molecule is CCOC(=O)N/N=C1\CC(C(=O)OC)CS1. The molecular formula is C9H14N2O4S. The highest BCUT2D eigenvalue weighted by Crippen LogP contribution is 2.27. The molecule has 6 nitrogen and oxygen atoms in total. The Labute approximate surface area is 97.7 Å². The average molecular weight is 246 g/mol. The fourth-order valence-electron chi connectivity index (χ4n) is 1.19. The van der Waals surface area contributed by atoms with E-state index in [2.05, 4.69) is 20.0 Å². The number of nitrogens with zero attached hydrogens (tertiary/aromatic N) is 1. The van der Waals surface area contributed by atoms with E-state index < -0.39 is 6.09 Å². The van der Waals surface area contributed by atoms with Crippen molar-refractivity contribution in [2.45, 2.75) is 13.3 Å². The highest BCUT2D eigenvalue weighted by molar-refractivity contribution is 8.14. The molecule has 1 unspecified atom stereocenters. The van der Waals surface area contributed by atoms with Crippen molar-refractivity contribution >= 4 is 28.9 Å². The van der Waals surface area contributed by atoms with E-state index in [1.54, 1.807) is 6.92 Å². The maximum atomic E-state index is 11.2. The Morgan fingerprint density at radius 3 is 3.00 bits per heavy atom. The first kappa shape index (κ1) is 12.8. The minimum atomic E-state index is -0.586. The molecule has 1 fully saturated rings. The Kier molecular flexibility index (Phi) is 5.10. The van der Waals surface area contributed by atoms with Gasteiger partial charge in [0.25, 0.3) is 0 Å². The summed E-state index contributed by atoms with van der Waals surface area (Å²) in [4.78, 5) is 22.1. The van der Waals surface area contributed by atoms with Gasteiger partial charge in [-0.25, -0.2) is 10.2 Å². The lowest BCUT2D eigenvalue weighted by molar-refractivity contribution is -0.144. The van der Waals surface area contributed by atoms with Crippen LogP contribution in [0.4, 0.5) is 4.79 Å². The normalized spacial score (nSPS) is 21.9. The Hall–Kier alpha value is -1.24. The summed E-state index contributed by atoms with van der Waals surface area (Å²) < 4.78 is 9.27. The smallest absolute Gasteiger partial charge is 0.427 e. The van der Waals surface area contributed by atoms with E-state index in [1.807, 2.05) is 0 Å². The summed E-state index contributed by atoms with van der Waals surface area (Å²) in [6.07, 6.45) is -0.0823. The van der Waals surface area contributed by atoms with Gasteiger partial charge in [0.15, 0.2) is 0 Å². The fourth-order valence-corrected chi connectivity index (χ4v) is 2.27. The van der Waals surface area contributed by atoms with Crippen LogP contribution in [0.1, 0.15) is 13.3 Å². The topological polar surface area (TPSA) is 77.0 Å². The standard InChI is InChI=1S/C9H14N2O4S/c1-3-15-9(13)11-10-7-4-6(5-16-7)8(12)14-2/h6H,3-5H2,1-2H3,(H,11,13)/b10-7+. The number of rotatable bonds is 3. The zero-order valence-corrected chi connectivity index (χ0v) is 10.0. The van der Waals surface area contributed by atoms with Crippen LogP contribution < -0.4 is 5.43 Å². The molecule has 90 valence electrons. The van der Waals surface area contributed by atoms with Gasteiger partial charge >= 0.3 is 12.1 Å². The van der Waals surface area contributed by atoms with E-state index in [4.69, 9.17) is 0 Å². The monoisotopic (exact) mass is 246 g/mol. The van der Waals surface area contributed by atoms with Crippen molar-refractivity contribution < 1.29 is 19.1 Å². The van der Waals surface area contributed by atoms with E-state index in [1.165, 1.54) is 18.9 Å². The molecule has 1 saturated heterocycles. The summed E-state index contributed by atoms with van der Waals surface area (Å²) in [6, 6.07) is 0. The second kappa shape index (κ2) is 6.37. The average Bonchev–Trinajstić information content (AvgIpc) is 2.74. The second-order valence-electron chi connectivity index (χ2n) is 3.07. The first-order chi connectivity index (χ1) is 7.67. The van der Waals surface area contributed by atoms with Crippen molar-refractivity contribution in [1.29, 1.82) is 0 Å². The third kappa shape index (κ3) is 3.73. The van der Waals surface area contributed by atoms with Crippen LogP contribution >= 0.6 is 11.8 Å². The van der Waals surface area contributed by atoms with E-state index >= 15 is 0 Å². The number of hydrogen-bond donors (Lipinski definition) is 1. The number of carbonyl (C=O) groups is 2. The Morgan fingerprint density at radius 2 is 2.38 bits per heavy atom. The minimum Gasteiger partial charge on any atom is -0.469 e. The zero-order chi connectivity index (χ0) is 12.0. The largest absolute Gasteiger partial charge is 0.469 e. The summed E-state index contributed by atoms with van der Waals surface area (Å²) in [5.74, 6) is 0.224. The van der Waals surface area contributed by atoms with Gasteiger partial charge in [0, 0.05) is 12.2 Å². The number of hydrogen-bond acceptors (Lipinski definition) is 6. The van der Waals surface area contributed by atoms with Crippen molar-refractivity contribution in [1.82, 2.24) is 5.43 Å². The molecule has 0 aliphatic carbocycles. The molecule has 0 aromatic heterocycles. The maximum absolute atomic E-state index is 11.2. The van der Waals surface area contributed by atoms with Crippen LogP contribution in [0.15, 0.2) is 5.10 Å². The number of nitrogens with one attached hydrogen (secondary N) is 1. The van der Waals surface area contributed by atoms with Crippen molar-refractivity contribution in [2.75, 3.05) is 19.5 Å². The molecule has 1 aliphatic rings. The number of amides is 1. The van der Waals surface area contributed by atoms with Gasteiger partial charge < -0.3 is 9.47 Å². The van der Waals surface area contributed by atoms with Crippen LogP contribution in [0, 0.1) is 5.92 Å². The quantitative estimate of drug-likeness (QED) is 0.593. The molecule has 1 rings (SSSR count). The summed E-state index contributed by atoms with van der Waals surface area (Å²) in [5, 5.41) is 4.57. The lowest BCUT2D eigenvalue weighted by Gasteiger charge is -2.03. The van der Waals surface area contributed by atoms with Gasteiger partial charge in [-0.15, -0.1) is 11.8 Å². The predicted octanol–water partition coefficient (Wildman–Crippen LogP) is 0.972. The fraction of sp³-hybridized carbons (Fsp3) is 0.667. The van der Waals surface area contributed by atoms with Crippen molar-refractivity contribution in [3.63, 3.8) is 0 Å². The van der Waals surface area contributed by atoms with Gasteiger partial charge in [0.1, 0.15) is 0 Å². The molecule has 16 heavy (non-hydrogen) atoms. The first-order valence-electron chi connectivity index (χ1n) is 4.87. The predicted molar refractivity (Wildman–Crippen MR) is 60.2 cm³/mol. The van der Waals surface area contributed by atoms with E-state index in [0.29, 0.717) is 23.8 Å². The van der Waals surface area contributed by atoms with Crippen LogP contribution in [-0.4, -0.2) is 36.6 Å². The highest BCUT2D eigenvalue weighted by atomic mass is 32.2. The van der Waals surface area contributed by atoms with Crippen LogP contribution in [0.5, 0.6) is 0 Å². The third-order valence-corrected chi connectivity index (χ3v) is 3.11. The lowest BCUT2D eigenvalue weighted by atomic mass is 10.1. The third-order valence-electron chi connectivity index (χ3n) is 1.95. The van der Waals surface area contributed by atoms with Gasteiger partial charge in [0.05, 0.1) is 24.7 Å². The molecule has 1 atom stereocenters.